The zero-order chi connectivity index (χ0) is 14.3. The van der Waals surface area contributed by atoms with Crippen molar-refractivity contribution >= 4 is 5.78 Å². The second-order valence-electron chi connectivity index (χ2n) is 4.62. The molecule has 3 nitrogen and oxygen atoms in total. The average molecular weight is 267 g/mol. The number of ketones is 1. The van der Waals surface area contributed by atoms with Crippen molar-refractivity contribution in [3.63, 3.8) is 0 Å². The van der Waals surface area contributed by atoms with E-state index in [9.17, 15) is 9.18 Å². The molecule has 1 aromatic carbocycles. The van der Waals surface area contributed by atoms with Crippen LogP contribution in [0.3, 0.4) is 0 Å². The maximum atomic E-state index is 13.0. The highest BCUT2D eigenvalue weighted by Gasteiger charge is 2.14. The van der Waals surface area contributed by atoms with Gasteiger partial charge in [0.25, 0.3) is 0 Å². The van der Waals surface area contributed by atoms with Gasteiger partial charge in [0, 0.05) is 31.7 Å². The maximum absolute atomic E-state index is 13.0. The van der Waals surface area contributed by atoms with E-state index in [0.29, 0.717) is 25.1 Å². The van der Waals surface area contributed by atoms with Crippen LogP contribution in [0.4, 0.5) is 4.39 Å². The number of hydrogen-bond acceptors (Lipinski definition) is 3. The minimum Gasteiger partial charge on any atom is -0.383 e. The van der Waals surface area contributed by atoms with Crippen LogP contribution in [-0.4, -0.2) is 43.5 Å². The van der Waals surface area contributed by atoms with Gasteiger partial charge >= 0.3 is 0 Å². The summed E-state index contributed by atoms with van der Waals surface area (Å²) in [5, 5.41) is 0. The molecular formula is C15H22FNO2. The van der Waals surface area contributed by atoms with Crippen molar-refractivity contribution < 1.29 is 13.9 Å². The van der Waals surface area contributed by atoms with Gasteiger partial charge in [-0.25, -0.2) is 4.39 Å². The Morgan fingerprint density at radius 1 is 1.47 bits per heavy atom. The molecule has 1 unspecified atom stereocenters. The van der Waals surface area contributed by atoms with Crippen LogP contribution in [0.1, 0.15) is 30.6 Å². The summed E-state index contributed by atoms with van der Waals surface area (Å²) in [6.07, 6.45) is 0.394. The Labute approximate surface area is 114 Å². The first kappa shape index (κ1) is 15.8. The van der Waals surface area contributed by atoms with Crippen LogP contribution >= 0.6 is 0 Å². The predicted molar refractivity (Wildman–Crippen MR) is 73.9 cm³/mol. The van der Waals surface area contributed by atoms with Gasteiger partial charge in [0.05, 0.1) is 6.61 Å². The highest BCUT2D eigenvalue weighted by atomic mass is 19.1. The standard InChI is InChI=1S/C15H22FNO2/c1-4-17(12(2)11-19-3)9-8-15(18)13-6-5-7-14(16)10-13/h5-7,10,12H,4,8-9,11H2,1-3H3. The van der Waals surface area contributed by atoms with E-state index < -0.39 is 0 Å². The van der Waals surface area contributed by atoms with Gasteiger partial charge < -0.3 is 4.74 Å². The van der Waals surface area contributed by atoms with Crippen molar-refractivity contribution in [3.05, 3.63) is 35.6 Å². The first-order valence-electron chi connectivity index (χ1n) is 6.60. The minimum atomic E-state index is -0.369. The number of Topliss-reactive ketones (excluding diaryl/α,β-unsaturated/α-hetero) is 1. The van der Waals surface area contributed by atoms with Gasteiger partial charge in [-0.2, -0.15) is 0 Å². The highest BCUT2D eigenvalue weighted by molar-refractivity contribution is 5.96. The zero-order valence-corrected chi connectivity index (χ0v) is 11.9. The van der Waals surface area contributed by atoms with Gasteiger partial charge in [-0.1, -0.05) is 19.1 Å². The average Bonchev–Trinajstić information content (AvgIpc) is 2.39. The lowest BCUT2D eigenvalue weighted by molar-refractivity contribution is 0.0873. The Morgan fingerprint density at radius 3 is 2.79 bits per heavy atom. The van der Waals surface area contributed by atoms with E-state index in [-0.39, 0.29) is 17.6 Å². The molecule has 0 heterocycles. The molecule has 1 rings (SSSR count). The van der Waals surface area contributed by atoms with Gasteiger partial charge in [0.2, 0.25) is 0 Å². The Morgan fingerprint density at radius 2 is 2.21 bits per heavy atom. The van der Waals surface area contributed by atoms with Gasteiger partial charge in [-0.15, -0.1) is 0 Å². The Kier molecular flexibility index (Phi) is 6.67. The van der Waals surface area contributed by atoms with E-state index in [1.807, 2.05) is 0 Å². The SMILES string of the molecule is CCN(CCC(=O)c1cccc(F)c1)C(C)COC. The quantitative estimate of drug-likeness (QED) is 0.678. The molecule has 0 radical (unpaired) electrons. The molecule has 0 saturated heterocycles. The summed E-state index contributed by atoms with van der Waals surface area (Å²) in [6, 6.07) is 6.12. The van der Waals surface area contributed by atoms with E-state index in [2.05, 4.69) is 18.7 Å². The minimum absolute atomic E-state index is 0.0254. The Balaban J connectivity index is 2.53. The number of rotatable bonds is 8. The van der Waals surface area contributed by atoms with Crippen molar-refractivity contribution in [2.45, 2.75) is 26.3 Å². The lowest BCUT2D eigenvalue weighted by Gasteiger charge is -2.26. The van der Waals surface area contributed by atoms with Crippen LogP contribution in [0.15, 0.2) is 24.3 Å². The number of ether oxygens (including phenoxy) is 1. The van der Waals surface area contributed by atoms with Crippen LogP contribution < -0.4 is 0 Å². The van der Waals surface area contributed by atoms with Crippen molar-refractivity contribution in [1.82, 2.24) is 4.90 Å². The summed E-state index contributed by atoms with van der Waals surface area (Å²) >= 11 is 0. The van der Waals surface area contributed by atoms with Crippen LogP contribution in [0.2, 0.25) is 0 Å². The van der Waals surface area contributed by atoms with Crippen molar-refractivity contribution in [3.8, 4) is 0 Å². The van der Waals surface area contributed by atoms with Crippen LogP contribution in [-0.2, 0) is 4.74 Å². The third kappa shape index (κ3) is 5.09. The van der Waals surface area contributed by atoms with Crippen molar-refractivity contribution in [2.75, 3.05) is 26.8 Å². The first-order valence-corrected chi connectivity index (χ1v) is 6.60. The van der Waals surface area contributed by atoms with Crippen LogP contribution in [0.5, 0.6) is 0 Å². The van der Waals surface area contributed by atoms with E-state index >= 15 is 0 Å². The second-order valence-corrected chi connectivity index (χ2v) is 4.62. The molecule has 0 aliphatic heterocycles. The Hall–Kier alpha value is -1.26. The zero-order valence-electron chi connectivity index (χ0n) is 11.9. The molecule has 19 heavy (non-hydrogen) atoms. The number of likely N-dealkylation sites (N-methyl/N-ethyl adjacent to an activating group) is 1. The second kappa shape index (κ2) is 8.02. The molecule has 0 aromatic heterocycles. The largest absolute Gasteiger partial charge is 0.383 e. The highest BCUT2D eigenvalue weighted by Crippen LogP contribution is 2.08. The summed E-state index contributed by atoms with van der Waals surface area (Å²) in [7, 11) is 1.67. The number of carbonyl (C=O) groups is 1. The molecule has 0 N–H and O–H groups in total. The predicted octanol–water partition coefficient (Wildman–Crippen LogP) is 2.76. The first-order chi connectivity index (χ1) is 9.08. The van der Waals surface area contributed by atoms with E-state index in [1.165, 1.54) is 12.1 Å². The molecule has 0 spiro atoms. The maximum Gasteiger partial charge on any atom is 0.164 e. The molecule has 1 atom stereocenters. The number of hydrogen-bond donors (Lipinski definition) is 0. The molecule has 0 bridgehead atoms. The van der Waals surface area contributed by atoms with E-state index in [0.717, 1.165) is 6.54 Å². The molecular weight excluding hydrogens is 245 g/mol. The summed E-state index contributed by atoms with van der Waals surface area (Å²) in [5.41, 5.74) is 0.440. The molecule has 106 valence electrons. The van der Waals surface area contributed by atoms with Gasteiger partial charge in [0.1, 0.15) is 5.82 Å². The molecule has 0 aliphatic rings. The lowest BCUT2D eigenvalue weighted by atomic mass is 10.1. The Bertz CT molecular complexity index is 409. The number of benzene rings is 1. The topological polar surface area (TPSA) is 29.5 Å². The summed E-state index contributed by atoms with van der Waals surface area (Å²) < 4.78 is 18.2. The molecule has 0 amide bonds. The number of halogens is 1. The fourth-order valence-electron chi connectivity index (χ4n) is 2.09. The fraction of sp³-hybridized carbons (Fsp3) is 0.533. The number of methoxy groups -OCH3 is 1. The molecule has 1 aromatic rings. The normalized spacial score (nSPS) is 12.7. The molecule has 0 aliphatic carbocycles. The number of carbonyl (C=O) groups excluding carboxylic acids is 1. The third-order valence-electron chi connectivity index (χ3n) is 3.21. The summed E-state index contributed by atoms with van der Waals surface area (Å²) in [5.74, 6) is -0.395. The monoisotopic (exact) mass is 267 g/mol. The summed E-state index contributed by atoms with van der Waals surface area (Å²) in [6.45, 7) is 6.29. The molecule has 4 heteroatoms. The van der Waals surface area contributed by atoms with Crippen molar-refractivity contribution in [1.29, 1.82) is 0 Å². The van der Waals surface area contributed by atoms with Gasteiger partial charge in [0.15, 0.2) is 5.78 Å². The third-order valence-corrected chi connectivity index (χ3v) is 3.21. The number of nitrogens with zero attached hydrogens (tertiary/aromatic N) is 1. The fourth-order valence-corrected chi connectivity index (χ4v) is 2.09. The molecule has 0 fully saturated rings. The van der Waals surface area contributed by atoms with Gasteiger partial charge in [-0.05, 0) is 25.6 Å². The van der Waals surface area contributed by atoms with E-state index in [4.69, 9.17) is 4.74 Å². The lowest BCUT2D eigenvalue weighted by Crippen LogP contribution is -2.37. The molecule has 0 saturated carbocycles. The smallest absolute Gasteiger partial charge is 0.164 e. The van der Waals surface area contributed by atoms with Crippen LogP contribution in [0.25, 0.3) is 0 Å². The van der Waals surface area contributed by atoms with E-state index in [1.54, 1.807) is 19.2 Å². The van der Waals surface area contributed by atoms with Crippen LogP contribution in [0, 0.1) is 5.82 Å². The summed E-state index contributed by atoms with van der Waals surface area (Å²) in [4.78, 5) is 14.2. The van der Waals surface area contributed by atoms with Gasteiger partial charge in [-0.3, -0.25) is 9.69 Å². The van der Waals surface area contributed by atoms with Crippen molar-refractivity contribution in [2.24, 2.45) is 0 Å².